The van der Waals surface area contributed by atoms with Crippen molar-refractivity contribution < 1.29 is 15.0 Å². The van der Waals surface area contributed by atoms with Gasteiger partial charge in [-0.1, -0.05) is 12.1 Å². The summed E-state index contributed by atoms with van der Waals surface area (Å²) in [6.45, 7) is 0. The van der Waals surface area contributed by atoms with Crippen LogP contribution >= 0.6 is 0 Å². The monoisotopic (exact) mass is 292 g/mol. The van der Waals surface area contributed by atoms with Gasteiger partial charge in [0, 0.05) is 11.1 Å². The first kappa shape index (κ1) is 13.8. The Morgan fingerprint density at radius 3 is 1.82 bits per heavy atom. The number of carbonyl (C=O) groups is 1. The Balaban J connectivity index is 1.97. The number of hydrogen-bond acceptors (Lipinski definition) is 4. The van der Waals surface area contributed by atoms with Gasteiger partial charge in [0.05, 0.1) is 29.3 Å². The summed E-state index contributed by atoms with van der Waals surface area (Å²) in [6.07, 6.45) is 3.27. The lowest BCUT2D eigenvalue weighted by Crippen LogP contribution is -1.96. The zero-order valence-electron chi connectivity index (χ0n) is 11.5. The highest BCUT2D eigenvalue weighted by molar-refractivity contribution is 5.88. The molecule has 0 bridgehead atoms. The standard InChI is InChI=1S/C17H12N2O3/c20-14-7-5-12(6-8-14)16-10-18-9-15(19-16)11-1-3-13(4-2-11)17(21)22/h1-10,20H,(H,21,22). The van der Waals surface area contributed by atoms with Crippen molar-refractivity contribution in [2.45, 2.75) is 0 Å². The molecule has 0 amide bonds. The van der Waals surface area contributed by atoms with Crippen LogP contribution in [0.2, 0.25) is 0 Å². The normalized spacial score (nSPS) is 10.4. The molecule has 5 nitrogen and oxygen atoms in total. The lowest BCUT2D eigenvalue weighted by atomic mass is 10.1. The van der Waals surface area contributed by atoms with E-state index >= 15 is 0 Å². The molecule has 0 radical (unpaired) electrons. The van der Waals surface area contributed by atoms with Crippen molar-refractivity contribution in [3.8, 4) is 28.3 Å². The van der Waals surface area contributed by atoms with Crippen LogP contribution in [0, 0.1) is 0 Å². The fraction of sp³-hybridized carbons (Fsp3) is 0. The highest BCUT2D eigenvalue weighted by Gasteiger charge is 2.06. The zero-order chi connectivity index (χ0) is 15.5. The van der Waals surface area contributed by atoms with Gasteiger partial charge in [0.25, 0.3) is 0 Å². The number of carboxylic acids is 1. The van der Waals surface area contributed by atoms with Crippen LogP contribution in [0.4, 0.5) is 0 Å². The zero-order valence-corrected chi connectivity index (χ0v) is 11.5. The van der Waals surface area contributed by atoms with Crippen LogP contribution < -0.4 is 0 Å². The van der Waals surface area contributed by atoms with Gasteiger partial charge in [0.2, 0.25) is 0 Å². The summed E-state index contributed by atoms with van der Waals surface area (Å²) < 4.78 is 0. The summed E-state index contributed by atoms with van der Waals surface area (Å²) in [4.78, 5) is 19.6. The molecule has 0 atom stereocenters. The van der Waals surface area contributed by atoms with Gasteiger partial charge in [-0.15, -0.1) is 0 Å². The first-order chi connectivity index (χ1) is 10.6. The smallest absolute Gasteiger partial charge is 0.335 e. The van der Waals surface area contributed by atoms with E-state index in [4.69, 9.17) is 5.11 Å². The van der Waals surface area contributed by atoms with Gasteiger partial charge >= 0.3 is 5.97 Å². The molecule has 2 aromatic carbocycles. The minimum Gasteiger partial charge on any atom is -0.508 e. The van der Waals surface area contributed by atoms with Crippen molar-refractivity contribution >= 4 is 5.97 Å². The lowest BCUT2D eigenvalue weighted by molar-refractivity contribution is 0.0697. The van der Waals surface area contributed by atoms with Gasteiger partial charge in [-0.25, -0.2) is 9.78 Å². The molecular weight excluding hydrogens is 280 g/mol. The molecule has 108 valence electrons. The van der Waals surface area contributed by atoms with Crippen molar-refractivity contribution in [2.75, 3.05) is 0 Å². The number of carboxylic acid groups (broad SMARTS) is 1. The number of aromatic carboxylic acids is 1. The maximum Gasteiger partial charge on any atom is 0.335 e. The third-order valence-electron chi connectivity index (χ3n) is 3.23. The molecule has 3 rings (SSSR count). The van der Waals surface area contributed by atoms with Gasteiger partial charge < -0.3 is 10.2 Å². The fourth-order valence-corrected chi connectivity index (χ4v) is 2.06. The molecule has 22 heavy (non-hydrogen) atoms. The summed E-state index contributed by atoms with van der Waals surface area (Å²) in [5, 5.41) is 18.2. The highest BCUT2D eigenvalue weighted by atomic mass is 16.4. The van der Waals surface area contributed by atoms with Crippen LogP contribution in [0.5, 0.6) is 5.75 Å². The Kier molecular flexibility index (Phi) is 3.53. The molecule has 0 aliphatic rings. The molecule has 0 fully saturated rings. The number of rotatable bonds is 3. The van der Waals surface area contributed by atoms with E-state index < -0.39 is 5.97 Å². The molecule has 1 aromatic heterocycles. The molecule has 3 aromatic rings. The van der Waals surface area contributed by atoms with E-state index in [1.807, 2.05) is 0 Å². The minimum atomic E-state index is -0.963. The summed E-state index contributed by atoms with van der Waals surface area (Å²) in [5.41, 5.74) is 3.20. The van der Waals surface area contributed by atoms with Crippen molar-refractivity contribution in [1.82, 2.24) is 9.97 Å². The van der Waals surface area contributed by atoms with E-state index in [1.54, 1.807) is 48.8 Å². The highest BCUT2D eigenvalue weighted by Crippen LogP contribution is 2.23. The van der Waals surface area contributed by atoms with E-state index in [9.17, 15) is 9.90 Å². The summed E-state index contributed by atoms with van der Waals surface area (Å²) in [5.74, 6) is -0.771. The second kappa shape index (κ2) is 5.65. The Morgan fingerprint density at radius 2 is 1.32 bits per heavy atom. The maximum atomic E-state index is 10.9. The van der Waals surface area contributed by atoms with E-state index in [-0.39, 0.29) is 11.3 Å². The first-order valence-electron chi connectivity index (χ1n) is 6.59. The minimum absolute atomic E-state index is 0.192. The molecular formula is C17H12N2O3. The molecule has 0 spiro atoms. The second-order valence-corrected chi connectivity index (χ2v) is 4.72. The van der Waals surface area contributed by atoms with Crippen LogP contribution in [-0.2, 0) is 0 Å². The average molecular weight is 292 g/mol. The first-order valence-corrected chi connectivity index (χ1v) is 6.59. The number of aromatic hydroxyl groups is 1. The molecule has 5 heteroatoms. The third kappa shape index (κ3) is 2.78. The number of nitrogens with zero attached hydrogens (tertiary/aromatic N) is 2. The Hall–Kier alpha value is -3.21. The van der Waals surface area contributed by atoms with Crippen molar-refractivity contribution in [3.05, 3.63) is 66.5 Å². The van der Waals surface area contributed by atoms with Crippen LogP contribution in [0.25, 0.3) is 22.5 Å². The third-order valence-corrected chi connectivity index (χ3v) is 3.23. The van der Waals surface area contributed by atoms with Crippen molar-refractivity contribution in [1.29, 1.82) is 0 Å². The number of benzene rings is 2. The molecule has 0 saturated heterocycles. The number of aromatic nitrogens is 2. The number of hydrogen-bond donors (Lipinski definition) is 2. The Labute approximate surface area is 126 Å². The molecule has 0 aliphatic carbocycles. The summed E-state index contributed by atoms with van der Waals surface area (Å²) in [6, 6.07) is 13.2. The van der Waals surface area contributed by atoms with E-state index in [0.717, 1.165) is 11.1 Å². The Bertz CT molecular complexity index is 812. The van der Waals surface area contributed by atoms with Gasteiger partial charge in [0.15, 0.2) is 0 Å². The molecule has 0 aliphatic heterocycles. The van der Waals surface area contributed by atoms with Crippen molar-refractivity contribution in [2.24, 2.45) is 0 Å². The lowest BCUT2D eigenvalue weighted by Gasteiger charge is -2.05. The van der Waals surface area contributed by atoms with Gasteiger partial charge in [-0.05, 0) is 36.4 Å². The van der Waals surface area contributed by atoms with E-state index in [0.29, 0.717) is 11.4 Å². The topological polar surface area (TPSA) is 83.3 Å². The van der Waals surface area contributed by atoms with Crippen LogP contribution in [-0.4, -0.2) is 26.2 Å². The second-order valence-electron chi connectivity index (χ2n) is 4.72. The summed E-state index contributed by atoms with van der Waals surface area (Å²) in [7, 11) is 0. The van der Waals surface area contributed by atoms with Gasteiger partial charge in [-0.3, -0.25) is 4.98 Å². The molecule has 0 saturated carbocycles. The van der Waals surface area contributed by atoms with Gasteiger partial charge in [-0.2, -0.15) is 0 Å². The van der Waals surface area contributed by atoms with Crippen LogP contribution in [0.15, 0.2) is 60.9 Å². The van der Waals surface area contributed by atoms with Crippen LogP contribution in [0.1, 0.15) is 10.4 Å². The fourth-order valence-electron chi connectivity index (χ4n) is 2.06. The molecule has 2 N–H and O–H groups in total. The molecule has 0 unspecified atom stereocenters. The van der Waals surface area contributed by atoms with Crippen molar-refractivity contribution in [3.63, 3.8) is 0 Å². The van der Waals surface area contributed by atoms with E-state index in [1.165, 1.54) is 12.1 Å². The number of phenolic OH excluding ortho intramolecular Hbond substituents is 1. The predicted molar refractivity (Wildman–Crippen MR) is 81.5 cm³/mol. The molecule has 1 heterocycles. The largest absolute Gasteiger partial charge is 0.508 e. The SMILES string of the molecule is O=C(O)c1ccc(-c2cncc(-c3ccc(O)cc3)n2)cc1. The van der Waals surface area contributed by atoms with E-state index in [2.05, 4.69) is 9.97 Å². The average Bonchev–Trinajstić information content (AvgIpc) is 2.56. The van der Waals surface area contributed by atoms with Crippen LogP contribution in [0.3, 0.4) is 0 Å². The summed E-state index contributed by atoms with van der Waals surface area (Å²) >= 11 is 0. The maximum absolute atomic E-state index is 10.9. The quantitative estimate of drug-likeness (QED) is 0.774. The Morgan fingerprint density at radius 1 is 0.818 bits per heavy atom. The predicted octanol–water partition coefficient (Wildman–Crippen LogP) is 3.21. The van der Waals surface area contributed by atoms with Gasteiger partial charge in [0.1, 0.15) is 5.75 Å². The number of phenols is 1.